The zero-order valence-corrected chi connectivity index (χ0v) is 13.3. The number of carbonyl (C=O) groups excluding carboxylic acids is 1. The molecule has 26 heavy (non-hydrogen) atoms. The van der Waals surface area contributed by atoms with Crippen molar-refractivity contribution in [2.45, 2.75) is 19.6 Å². The lowest BCUT2D eigenvalue weighted by Gasteiger charge is -2.08. The molecule has 1 amide bonds. The highest BCUT2D eigenvalue weighted by Crippen LogP contribution is 2.29. The van der Waals surface area contributed by atoms with Crippen molar-refractivity contribution >= 4 is 23.0 Å². The number of fused-ring (bicyclic) bond motifs is 1. The second-order valence-electron chi connectivity index (χ2n) is 5.50. The van der Waals surface area contributed by atoms with Gasteiger partial charge in [-0.1, -0.05) is 12.1 Å². The summed E-state index contributed by atoms with van der Waals surface area (Å²) in [4.78, 5) is 44.0. The molecule has 3 rings (SSSR count). The average Bonchev–Trinajstić information content (AvgIpc) is 2.82. The van der Waals surface area contributed by atoms with E-state index in [0.29, 0.717) is 5.56 Å². The summed E-state index contributed by atoms with van der Waals surface area (Å²) in [7, 11) is 0. The Morgan fingerprint density at radius 1 is 1.19 bits per heavy atom. The number of imidazole rings is 1. The second-order valence-corrected chi connectivity index (χ2v) is 5.50. The SMILES string of the molecule is CC(=O)Nc1nc2[nH]c(=O)n(Cc3ccc(C(F)(F)F)cc3)c2c(=O)[nH]1. The van der Waals surface area contributed by atoms with Crippen molar-refractivity contribution in [1.29, 1.82) is 0 Å². The van der Waals surface area contributed by atoms with E-state index in [1.54, 1.807) is 0 Å². The summed E-state index contributed by atoms with van der Waals surface area (Å²) in [6, 6.07) is 4.24. The molecule has 0 fully saturated rings. The van der Waals surface area contributed by atoms with Gasteiger partial charge in [0, 0.05) is 6.92 Å². The minimum Gasteiger partial charge on any atom is -0.296 e. The minimum atomic E-state index is -4.46. The van der Waals surface area contributed by atoms with E-state index in [1.807, 2.05) is 0 Å². The predicted octanol–water partition coefficient (Wildman–Crippen LogP) is 1.44. The maximum absolute atomic E-state index is 12.6. The van der Waals surface area contributed by atoms with E-state index in [4.69, 9.17) is 0 Å². The van der Waals surface area contributed by atoms with Gasteiger partial charge in [-0.15, -0.1) is 0 Å². The van der Waals surface area contributed by atoms with Gasteiger partial charge in [0.25, 0.3) is 5.56 Å². The first-order chi connectivity index (χ1) is 12.1. The van der Waals surface area contributed by atoms with Crippen LogP contribution in [-0.2, 0) is 17.5 Å². The highest BCUT2D eigenvalue weighted by Gasteiger charge is 2.30. The van der Waals surface area contributed by atoms with Gasteiger partial charge >= 0.3 is 11.9 Å². The Morgan fingerprint density at radius 3 is 2.42 bits per heavy atom. The molecule has 2 heterocycles. The first-order valence-electron chi connectivity index (χ1n) is 7.31. The third-order valence-corrected chi connectivity index (χ3v) is 3.55. The fourth-order valence-corrected chi connectivity index (χ4v) is 2.43. The van der Waals surface area contributed by atoms with Gasteiger partial charge in [-0.3, -0.25) is 29.4 Å². The summed E-state index contributed by atoms with van der Waals surface area (Å²) in [6.07, 6.45) is -4.46. The molecule has 0 spiro atoms. The number of carbonyl (C=O) groups is 1. The zero-order chi connectivity index (χ0) is 19.1. The first kappa shape index (κ1) is 17.5. The second kappa shape index (κ2) is 6.17. The molecule has 0 atom stereocenters. The molecule has 0 radical (unpaired) electrons. The van der Waals surface area contributed by atoms with Crippen LogP contribution in [0.5, 0.6) is 0 Å². The highest BCUT2D eigenvalue weighted by molar-refractivity contribution is 5.87. The summed E-state index contributed by atoms with van der Waals surface area (Å²) in [5.41, 5.74) is -1.88. The summed E-state index contributed by atoms with van der Waals surface area (Å²) in [5.74, 6) is -0.586. The van der Waals surface area contributed by atoms with Gasteiger partial charge in [0.2, 0.25) is 11.9 Å². The Labute approximate surface area is 142 Å². The molecule has 0 saturated carbocycles. The van der Waals surface area contributed by atoms with Gasteiger partial charge in [-0.2, -0.15) is 18.2 Å². The van der Waals surface area contributed by atoms with E-state index in [0.717, 1.165) is 16.7 Å². The molecule has 0 aliphatic carbocycles. The fourth-order valence-electron chi connectivity index (χ4n) is 2.43. The zero-order valence-electron chi connectivity index (χ0n) is 13.3. The van der Waals surface area contributed by atoms with Crippen LogP contribution in [0, 0.1) is 0 Å². The van der Waals surface area contributed by atoms with Gasteiger partial charge in [0.15, 0.2) is 11.2 Å². The number of hydrogen-bond donors (Lipinski definition) is 3. The van der Waals surface area contributed by atoms with Crippen LogP contribution in [0.3, 0.4) is 0 Å². The van der Waals surface area contributed by atoms with E-state index < -0.39 is 28.9 Å². The Morgan fingerprint density at radius 2 is 1.85 bits per heavy atom. The van der Waals surface area contributed by atoms with Crippen LogP contribution >= 0.6 is 0 Å². The van der Waals surface area contributed by atoms with Crippen molar-refractivity contribution in [1.82, 2.24) is 19.5 Å². The van der Waals surface area contributed by atoms with Crippen LogP contribution in [0.1, 0.15) is 18.1 Å². The molecule has 0 aliphatic rings. The number of nitrogens with zero attached hydrogens (tertiary/aromatic N) is 2. The van der Waals surface area contributed by atoms with Crippen molar-refractivity contribution in [3.05, 3.63) is 56.2 Å². The van der Waals surface area contributed by atoms with Crippen LogP contribution in [0.4, 0.5) is 19.1 Å². The lowest BCUT2D eigenvalue weighted by atomic mass is 10.1. The van der Waals surface area contributed by atoms with Crippen LogP contribution in [0.25, 0.3) is 11.2 Å². The summed E-state index contributed by atoms with van der Waals surface area (Å²) in [6.45, 7) is 1.10. The van der Waals surface area contributed by atoms with Gasteiger partial charge in [0.1, 0.15) is 0 Å². The van der Waals surface area contributed by atoms with Crippen LogP contribution < -0.4 is 16.6 Å². The van der Waals surface area contributed by atoms with Crippen molar-refractivity contribution in [3.63, 3.8) is 0 Å². The first-order valence-corrected chi connectivity index (χ1v) is 7.31. The van der Waals surface area contributed by atoms with Crippen LogP contribution in [0.2, 0.25) is 0 Å². The Hall–Kier alpha value is -3.37. The molecule has 136 valence electrons. The lowest BCUT2D eigenvalue weighted by molar-refractivity contribution is -0.137. The predicted molar refractivity (Wildman–Crippen MR) is 85.8 cm³/mol. The number of aromatic amines is 2. The number of hydrogen-bond acceptors (Lipinski definition) is 4. The topological polar surface area (TPSA) is 113 Å². The number of nitrogens with one attached hydrogen (secondary N) is 3. The quantitative estimate of drug-likeness (QED) is 0.650. The van der Waals surface area contributed by atoms with E-state index in [1.165, 1.54) is 19.1 Å². The third kappa shape index (κ3) is 3.36. The van der Waals surface area contributed by atoms with Crippen molar-refractivity contribution in [2.75, 3.05) is 5.32 Å². The van der Waals surface area contributed by atoms with E-state index in [2.05, 4.69) is 20.3 Å². The molecule has 0 saturated heterocycles. The fraction of sp³-hybridized carbons (Fsp3) is 0.200. The van der Waals surface area contributed by atoms with Crippen LogP contribution in [0.15, 0.2) is 33.9 Å². The molecule has 3 N–H and O–H groups in total. The molecule has 3 aromatic rings. The van der Waals surface area contributed by atoms with Crippen LogP contribution in [-0.4, -0.2) is 25.4 Å². The summed E-state index contributed by atoms with van der Waals surface area (Å²) >= 11 is 0. The lowest BCUT2D eigenvalue weighted by Crippen LogP contribution is -2.22. The van der Waals surface area contributed by atoms with Crippen molar-refractivity contribution < 1.29 is 18.0 Å². The molecule has 1 aromatic carbocycles. The summed E-state index contributed by atoms with van der Waals surface area (Å²) < 4.78 is 38.9. The number of aromatic nitrogens is 4. The van der Waals surface area contributed by atoms with E-state index >= 15 is 0 Å². The van der Waals surface area contributed by atoms with Crippen molar-refractivity contribution in [3.8, 4) is 0 Å². The third-order valence-electron chi connectivity index (χ3n) is 3.55. The molecule has 0 bridgehead atoms. The van der Waals surface area contributed by atoms with Gasteiger partial charge in [-0.05, 0) is 17.7 Å². The normalized spacial score (nSPS) is 11.7. The maximum Gasteiger partial charge on any atom is 0.416 e. The highest BCUT2D eigenvalue weighted by atomic mass is 19.4. The number of amides is 1. The maximum atomic E-state index is 12.6. The van der Waals surface area contributed by atoms with Gasteiger partial charge < -0.3 is 0 Å². The number of rotatable bonds is 3. The standard InChI is InChI=1S/C15H12F3N5O3/c1-7(24)19-13-20-11-10(12(25)22-13)23(14(26)21-11)6-8-2-4-9(5-3-8)15(16,17)18/h2-5H,6H2,1H3,(H3,19,20,21,22,24,25,26). The number of halogens is 3. The molecule has 2 aromatic heterocycles. The Balaban J connectivity index is 2.00. The number of benzene rings is 1. The van der Waals surface area contributed by atoms with E-state index in [-0.39, 0.29) is 23.7 Å². The van der Waals surface area contributed by atoms with E-state index in [9.17, 15) is 27.6 Å². The smallest absolute Gasteiger partial charge is 0.296 e. The summed E-state index contributed by atoms with van der Waals surface area (Å²) in [5, 5.41) is 2.29. The average molecular weight is 367 g/mol. The molecule has 0 unspecified atom stereocenters. The number of anilines is 1. The monoisotopic (exact) mass is 367 g/mol. The Kier molecular flexibility index (Phi) is 4.14. The largest absolute Gasteiger partial charge is 0.416 e. The molecule has 0 aliphatic heterocycles. The number of alkyl halides is 3. The van der Waals surface area contributed by atoms with Crippen molar-refractivity contribution in [2.24, 2.45) is 0 Å². The molecular weight excluding hydrogens is 355 g/mol. The molecule has 8 nitrogen and oxygen atoms in total. The van der Waals surface area contributed by atoms with Gasteiger partial charge in [0.05, 0.1) is 12.1 Å². The molecular formula is C15H12F3N5O3. The Bertz CT molecular complexity index is 1090. The number of H-pyrrole nitrogens is 2. The van der Waals surface area contributed by atoms with Gasteiger partial charge in [-0.25, -0.2) is 4.79 Å². The molecule has 11 heteroatoms. The minimum absolute atomic E-state index is 0.0468.